The predicted molar refractivity (Wildman–Crippen MR) is 80.8 cm³/mol. The number of carbonyl (C=O) groups excluding carboxylic acids is 1. The van der Waals surface area contributed by atoms with Gasteiger partial charge in [-0.15, -0.1) is 13.2 Å². The van der Waals surface area contributed by atoms with E-state index in [4.69, 9.17) is 5.11 Å². The summed E-state index contributed by atoms with van der Waals surface area (Å²) in [5.74, 6) is -1.09. The molecule has 0 bridgehead atoms. The third-order valence-electron chi connectivity index (χ3n) is 2.18. The minimum atomic E-state index is -1.09. The summed E-state index contributed by atoms with van der Waals surface area (Å²) in [4.78, 5) is 20.7. The lowest BCUT2D eigenvalue weighted by atomic mass is 10.2. The molecule has 0 aromatic heterocycles. The van der Waals surface area contributed by atoms with Gasteiger partial charge in [0.1, 0.15) is 6.54 Å². The van der Waals surface area contributed by atoms with Crippen LogP contribution in [0.4, 0.5) is 4.79 Å². The first-order valence-electron chi connectivity index (χ1n) is 6.92. The Bertz CT molecular complexity index is 277. The fourth-order valence-electron chi connectivity index (χ4n) is 1.13. The van der Waals surface area contributed by atoms with E-state index >= 15 is 0 Å². The van der Waals surface area contributed by atoms with Crippen LogP contribution in [0, 0.1) is 0 Å². The number of ether oxygens (including phenoxy) is 1. The molecule has 0 aromatic rings. The summed E-state index contributed by atoms with van der Waals surface area (Å²) in [5, 5.41) is 10.3. The molecule has 0 atom stereocenters. The average molecular weight is 285 g/mol. The van der Waals surface area contributed by atoms with Crippen molar-refractivity contribution >= 4 is 12.1 Å². The van der Waals surface area contributed by atoms with E-state index in [-0.39, 0.29) is 6.61 Å². The normalized spacial score (nSPS) is 8.85. The van der Waals surface area contributed by atoms with Gasteiger partial charge in [-0.1, -0.05) is 31.9 Å². The van der Waals surface area contributed by atoms with Crippen molar-refractivity contribution in [1.29, 1.82) is 0 Å². The van der Waals surface area contributed by atoms with Crippen molar-refractivity contribution in [3.8, 4) is 0 Å². The van der Waals surface area contributed by atoms with Gasteiger partial charge in [-0.05, 0) is 25.7 Å². The van der Waals surface area contributed by atoms with Gasteiger partial charge >= 0.3 is 12.1 Å². The third kappa shape index (κ3) is 21.5. The van der Waals surface area contributed by atoms with E-state index in [1.165, 1.54) is 25.7 Å². The molecule has 0 saturated carbocycles. The maximum Gasteiger partial charge on any atom is 0.407 e. The highest BCUT2D eigenvalue weighted by molar-refractivity contribution is 5.76. The average Bonchev–Trinajstić information content (AvgIpc) is 2.43. The molecule has 0 unspecified atom stereocenters. The van der Waals surface area contributed by atoms with Crippen LogP contribution in [0.25, 0.3) is 0 Å². The van der Waals surface area contributed by atoms with E-state index in [1.807, 2.05) is 6.08 Å². The molecule has 0 fully saturated rings. The quantitative estimate of drug-likeness (QED) is 0.475. The number of hydrogen-bond acceptors (Lipinski definition) is 3. The van der Waals surface area contributed by atoms with Gasteiger partial charge in [-0.25, -0.2) is 4.79 Å². The number of carbonyl (C=O) groups is 2. The van der Waals surface area contributed by atoms with Crippen LogP contribution in [0.15, 0.2) is 25.3 Å². The van der Waals surface area contributed by atoms with Gasteiger partial charge in [0, 0.05) is 0 Å². The highest BCUT2D eigenvalue weighted by Crippen LogP contribution is 1.97. The van der Waals surface area contributed by atoms with Crippen molar-refractivity contribution in [2.75, 3.05) is 13.2 Å². The van der Waals surface area contributed by atoms with Crippen molar-refractivity contribution in [2.45, 2.75) is 45.4 Å². The Kier molecular flexibility index (Phi) is 17.7. The van der Waals surface area contributed by atoms with Crippen molar-refractivity contribution in [3.05, 3.63) is 25.3 Å². The maximum atomic E-state index is 10.7. The SMILES string of the molecule is C=CCCCCC.C=CCCCOC(=O)NCC(=O)O. The lowest BCUT2D eigenvalue weighted by Gasteiger charge is -2.03. The standard InChI is InChI=1S/C8H13NO4.C7H14/c1-2-3-4-5-13-8(12)9-6-7(10)11;1-3-5-7-6-4-2/h2H,1,3-6H2,(H,9,12)(H,10,11);3H,1,4-7H2,2H3. The molecular weight excluding hydrogens is 258 g/mol. The molecule has 5 heteroatoms. The summed E-state index contributed by atoms with van der Waals surface area (Å²) in [6, 6.07) is 0. The first-order chi connectivity index (χ1) is 9.58. The first-order valence-corrected chi connectivity index (χ1v) is 6.92. The minimum absolute atomic E-state index is 0.275. The Morgan fingerprint density at radius 2 is 1.75 bits per heavy atom. The molecule has 20 heavy (non-hydrogen) atoms. The molecule has 0 spiro atoms. The molecular formula is C15H27NO4. The fourth-order valence-corrected chi connectivity index (χ4v) is 1.13. The molecule has 116 valence electrons. The first kappa shape index (κ1) is 20.5. The molecule has 0 rings (SSSR count). The molecule has 1 amide bonds. The van der Waals surface area contributed by atoms with Crippen LogP contribution >= 0.6 is 0 Å². The van der Waals surface area contributed by atoms with E-state index < -0.39 is 18.6 Å². The number of aliphatic carboxylic acids is 1. The van der Waals surface area contributed by atoms with Crippen LogP contribution < -0.4 is 5.32 Å². The lowest BCUT2D eigenvalue weighted by molar-refractivity contribution is -0.135. The number of amides is 1. The number of rotatable bonds is 10. The Labute approximate surface area is 121 Å². The van der Waals surface area contributed by atoms with Gasteiger partial charge in [0.05, 0.1) is 6.61 Å². The van der Waals surface area contributed by atoms with Crippen molar-refractivity contribution in [3.63, 3.8) is 0 Å². The molecule has 5 nitrogen and oxygen atoms in total. The van der Waals surface area contributed by atoms with Crippen molar-refractivity contribution in [1.82, 2.24) is 5.32 Å². The van der Waals surface area contributed by atoms with Gasteiger partial charge in [-0.2, -0.15) is 0 Å². The molecule has 0 aliphatic rings. The number of hydrogen-bond donors (Lipinski definition) is 2. The van der Waals surface area contributed by atoms with E-state index in [0.29, 0.717) is 6.42 Å². The van der Waals surface area contributed by atoms with Crippen molar-refractivity contribution < 1.29 is 19.4 Å². The zero-order chi connectivity index (χ0) is 15.6. The lowest BCUT2D eigenvalue weighted by Crippen LogP contribution is -2.30. The smallest absolute Gasteiger partial charge is 0.407 e. The predicted octanol–water partition coefficient (Wildman–Crippen LogP) is 3.52. The Morgan fingerprint density at radius 3 is 2.25 bits per heavy atom. The molecule has 0 heterocycles. The van der Waals surface area contributed by atoms with Gasteiger partial charge in [0.2, 0.25) is 0 Å². The highest BCUT2D eigenvalue weighted by Gasteiger charge is 2.02. The summed E-state index contributed by atoms with van der Waals surface area (Å²) in [6.45, 7) is 9.21. The minimum Gasteiger partial charge on any atom is -0.480 e. The van der Waals surface area contributed by atoms with Crippen LogP contribution in [-0.2, 0) is 9.53 Å². The molecule has 0 saturated heterocycles. The third-order valence-corrected chi connectivity index (χ3v) is 2.18. The van der Waals surface area contributed by atoms with Crippen molar-refractivity contribution in [2.24, 2.45) is 0 Å². The zero-order valence-electron chi connectivity index (χ0n) is 12.4. The fraction of sp³-hybridized carbons (Fsp3) is 0.600. The molecule has 0 aliphatic carbocycles. The summed E-state index contributed by atoms with van der Waals surface area (Å²) in [7, 11) is 0. The van der Waals surface area contributed by atoms with Crippen LogP contribution in [0.2, 0.25) is 0 Å². The van der Waals surface area contributed by atoms with Crippen LogP contribution in [0.3, 0.4) is 0 Å². The van der Waals surface area contributed by atoms with Gasteiger partial charge in [0.25, 0.3) is 0 Å². The van der Waals surface area contributed by atoms with Gasteiger partial charge in [-0.3, -0.25) is 4.79 Å². The zero-order valence-corrected chi connectivity index (χ0v) is 12.4. The largest absolute Gasteiger partial charge is 0.480 e. The monoisotopic (exact) mass is 285 g/mol. The Balaban J connectivity index is 0. The summed E-state index contributed by atoms with van der Waals surface area (Å²) in [6.07, 6.45) is 9.64. The van der Waals surface area contributed by atoms with E-state index in [1.54, 1.807) is 6.08 Å². The maximum absolute atomic E-state index is 10.7. The Hall–Kier alpha value is -1.78. The second-order valence-electron chi connectivity index (χ2n) is 4.10. The molecule has 0 radical (unpaired) electrons. The summed E-state index contributed by atoms with van der Waals surface area (Å²) in [5.41, 5.74) is 0. The van der Waals surface area contributed by atoms with E-state index in [9.17, 15) is 9.59 Å². The number of carboxylic acids is 1. The van der Waals surface area contributed by atoms with Crippen LogP contribution in [-0.4, -0.2) is 30.3 Å². The van der Waals surface area contributed by atoms with E-state index in [0.717, 1.165) is 6.42 Å². The van der Waals surface area contributed by atoms with E-state index in [2.05, 4.69) is 30.1 Å². The van der Waals surface area contributed by atoms with Gasteiger partial charge < -0.3 is 15.2 Å². The number of carboxylic acid groups (broad SMARTS) is 1. The molecule has 2 N–H and O–H groups in total. The van der Waals surface area contributed by atoms with Crippen LogP contribution in [0.5, 0.6) is 0 Å². The number of nitrogens with one attached hydrogen (secondary N) is 1. The number of alkyl carbamates (subject to hydrolysis) is 1. The molecule has 0 aromatic carbocycles. The number of unbranched alkanes of at least 4 members (excludes halogenated alkanes) is 4. The Morgan fingerprint density at radius 1 is 1.15 bits per heavy atom. The van der Waals surface area contributed by atoms with Crippen LogP contribution in [0.1, 0.15) is 45.4 Å². The summed E-state index contributed by atoms with van der Waals surface area (Å²) < 4.78 is 4.63. The highest BCUT2D eigenvalue weighted by atomic mass is 16.5. The number of allylic oxidation sites excluding steroid dienone is 2. The van der Waals surface area contributed by atoms with Gasteiger partial charge in [0.15, 0.2) is 0 Å². The summed E-state index contributed by atoms with van der Waals surface area (Å²) >= 11 is 0. The second kappa shape index (κ2) is 17.2. The topological polar surface area (TPSA) is 75.6 Å². The second-order valence-corrected chi connectivity index (χ2v) is 4.10. The molecule has 0 aliphatic heterocycles.